The maximum absolute atomic E-state index is 14.1. The molecule has 0 N–H and O–H groups in total. The number of nitrogens with zero attached hydrogens (tertiary/aromatic N) is 5. The van der Waals surface area contributed by atoms with Crippen molar-refractivity contribution in [3.8, 4) is 11.5 Å². The van der Waals surface area contributed by atoms with Crippen LogP contribution in [-0.2, 0) is 13.0 Å². The van der Waals surface area contributed by atoms with Gasteiger partial charge in [-0.15, -0.1) is 0 Å². The van der Waals surface area contributed by atoms with Gasteiger partial charge in [-0.2, -0.15) is 5.10 Å². The molecule has 0 radical (unpaired) electrons. The average molecular weight is 368 g/mol. The van der Waals surface area contributed by atoms with E-state index in [9.17, 15) is 4.39 Å². The Morgan fingerprint density at radius 3 is 2.77 bits per heavy atom. The number of hydrogen-bond donors (Lipinski definition) is 0. The van der Waals surface area contributed by atoms with Crippen LogP contribution in [0.5, 0.6) is 0 Å². The highest BCUT2D eigenvalue weighted by Gasteiger charge is 2.17. The summed E-state index contributed by atoms with van der Waals surface area (Å²) in [6.07, 6.45) is 2.42. The minimum Gasteiger partial charge on any atom is -0.242 e. The molecular weight excluding hydrogens is 353 g/mol. The molecule has 0 aliphatic heterocycles. The smallest absolute Gasteiger partial charge is 0.182 e. The molecule has 0 bridgehead atoms. The van der Waals surface area contributed by atoms with Gasteiger partial charge in [-0.25, -0.2) is 24.0 Å². The molecule has 0 fully saturated rings. The van der Waals surface area contributed by atoms with Crippen LogP contribution in [0.3, 0.4) is 0 Å². The molecule has 0 aliphatic carbocycles. The molecular formula is C19H15ClFN5. The number of aryl methyl sites for hydroxylation is 1. The molecule has 0 saturated heterocycles. The van der Waals surface area contributed by atoms with Gasteiger partial charge in [0.1, 0.15) is 16.7 Å². The summed E-state index contributed by atoms with van der Waals surface area (Å²) < 4.78 is 15.7. The van der Waals surface area contributed by atoms with Crippen molar-refractivity contribution in [3.05, 3.63) is 70.9 Å². The highest BCUT2D eigenvalue weighted by atomic mass is 35.5. The summed E-state index contributed by atoms with van der Waals surface area (Å²) in [5, 5.41) is 5.78. The van der Waals surface area contributed by atoms with E-state index in [1.165, 1.54) is 6.07 Å². The van der Waals surface area contributed by atoms with Gasteiger partial charge < -0.3 is 0 Å². The lowest BCUT2D eigenvalue weighted by Crippen LogP contribution is -2.05. The molecule has 0 saturated carbocycles. The van der Waals surface area contributed by atoms with Gasteiger partial charge in [0.25, 0.3) is 0 Å². The second-order valence-corrected chi connectivity index (χ2v) is 6.22. The fourth-order valence-electron chi connectivity index (χ4n) is 2.82. The Bertz CT molecular complexity index is 1090. The fourth-order valence-corrected chi connectivity index (χ4v) is 3.03. The Kier molecular flexibility index (Phi) is 4.34. The molecule has 7 heteroatoms. The van der Waals surface area contributed by atoms with Crippen LogP contribution in [0.1, 0.15) is 18.2 Å². The third kappa shape index (κ3) is 3.04. The van der Waals surface area contributed by atoms with Gasteiger partial charge in [0.05, 0.1) is 11.9 Å². The van der Waals surface area contributed by atoms with Crippen LogP contribution in [-0.4, -0.2) is 24.7 Å². The van der Waals surface area contributed by atoms with Crippen LogP contribution in [0.25, 0.3) is 22.6 Å². The first kappa shape index (κ1) is 16.6. The molecule has 0 atom stereocenters. The first-order valence-corrected chi connectivity index (χ1v) is 8.62. The Morgan fingerprint density at radius 2 is 1.96 bits per heavy atom. The van der Waals surface area contributed by atoms with E-state index in [-0.39, 0.29) is 12.4 Å². The summed E-state index contributed by atoms with van der Waals surface area (Å²) >= 11 is 6.14. The Labute approximate surface area is 154 Å². The highest BCUT2D eigenvalue weighted by Crippen LogP contribution is 2.26. The summed E-state index contributed by atoms with van der Waals surface area (Å²) in [6.45, 7) is 2.26. The summed E-state index contributed by atoms with van der Waals surface area (Å²) in [4.78, 5) is 13.3. The van der Waals surface area contributed by atoms with E-state index >= 15 is 0 Å². The number of halogens is 2. The summed E-state index contributed by atoms with van der Waals surface area (Å²) in [6, 6.07) is 12.1. The number of benzene rings is 1. The van der Waals surface area contributed by atoms with Crippen LogP contribution >= 0.6 is 11.6 Å². The maximum Gasteiger partial charge on any atom is 0.182 e. The predicted molar refractivity (Wildman–Crippen MR) is 98.4 cm³/mol. The van der Waals surface area contributed by atoms with Crippen LogP contribution in [0.15, 0.2) is 48.7 Å². The van der Waals surface area contributed by atoms with Gasteiger partial charge in [-0.3, -0.25) is 0 Å². The quantitative estimate of drug-likeness (QED) is 0.505. The fraction of sp³-hybridized carbons (Fsp3) is 0.158. The largest absolute Gasteiger partial charge is 0.242 e. The lowest BCUT2D eigenvalue weighted by Gasteiger charge is -2.04. The van der Waals surface area contributed by atoms with Crippen molar-refractivity contribution in [3.63, 3.8) is 0 Å². The lowest BCUT2D eigenvalue weighted by molar-refractivity contribution is 0.589. The molecule has 1 aromatic carbocycles. The zero-order chi connectivity index (χ0) is 18.1. The zero-order valence-electron chi connectivity index (χ0n) is 14.0. The third-order valence-corrected chi connectivity index (χ3v) is 4.30. The third-order valence-electron chi connectivity index (χ3n) is 4.11. The Hall–Kier alpha value is -2.86. The van der Waals surface area contributed by atoms with Crippen LogP contribution in [0.4, 0.5) is 4.39 Å². The SMILES string of the molecule is CCc1cc(Cl)nc(-c2nn(Cc3ccccc3F)c3ncccc23)n1. The molecule has 5 nitrogen and oxygen atoms in total. The molecule has 4 aromatic rings. The van der Waals surface area contributed by atoms with E-state index in [4.69, 9.17) is 11.6 Å². The van der Waals surface area contributed by atoms with Crippen LogP contribution < -0.4 is 0 Å². The second kappa shape index (κ2) is 6.80. The average Bonchev–Trinajstić information content (AvgIpc) is 3.02. The van der Waals surface area contributed by atoms with Crippen molar-refractivity contribution < 1.29 is 4.39 Å². The van der Waals surface area contributed by atoms with Crippen molar-refractivity contribution in [2.24, 2.45) is 0 Å². The van der Waals surface area contributed by atoms with E-state index in [1.54, 1.807) is 35.1 Å². The van der Waals surface area contributed by atoms with E-state index < -0.39 is 0 Å². The van der Waals surface area contributed by atoms with Crippen LogP contribution in [0, 0.1) is 5.82 Å². The topological polar surface area (TPSA) is 56.5 Å². The molecule has 0 unspecified atom stereocenters. The normalized spacial score (nSPS) is 11.2. The first-order chi connectivity index (χ1) is 12.7. The molecule has 4 rings (SSSR count). The van der Waals surface area contributed by atoms with Crippen molar-refractivity contribution >= 4 is 22.6 Å². The van der Waals surface area contributed by atoms with E-state index in [1.807, 2.05) is 19.1 Å². The zero-order valence-corrected chi connectivity index (χ0v) is 14.8. The van der Waals surface area contributed by atoms with Gasteiger partial charge in [0.15, 0.2) is 11.5 Å². The number of aromatic nitrogens is 5. The van der Waals surface area contributed by atoms with Crippen molar-refractivity contribution in [1.29, 1.82) is 0 Å². The van der Waals surface area contributed by atoms with E-state index in [0.29, 0.717) is 27.9 Å². The number of fused-ring (bicyclic) bond motifs is 1. The van der Waals surface area contributed by atoms with E-state index in [0.717, 1.165) is 17.5 Å². The second-order valence-electron chi connectivity index (χ2n) is 5.83. The van der Waals surface area contributed by atoms with Gasteiger partial charge in [0, 0.05) is 17.5 Å². The van der Waals surface area contributed by atoms with Gasteiger partial charge in [-0.1, -0.05) is 36.7 Å². The summed E-state index contributed by atoms with van der Waals surface area (Å²) in [5.41, 5.74) is 2.60. The Balaban J connectivity index is 1.87. The maximum atomic E-state index is 14.1. The standard InChI is InChI=1S/C19H15ClFN5/c1-2-13-10-16(20)24-18(23-13)17-14-7-5-9-22-19(14)26(25-17)11-12-6-3-4-8-15(12)21/h3-10H,2,11H2,1H3. The number of pyridine rings is 1. The summed E-state index contributed by atoms with van der Waals surface area (Å²) in [7, 11) is 0. The van der Waals surface area contributed by atoms with Gasteiger partial charge in [0.2, 0.25) is 0 Å². The molecule has 0 spiro atoms. The molecule has 26 heavy (non-hydrogen) atoms. The van der Waals surface area contributed by atoms with Crippen LogP contribution in [0.2, 0.25) is 5.15 Å². The first-order valence-electron chi connectivity index (χ1n) is 8.24. The predicted octanol–water partition coefficient (Wildman–Crippen LogP) is 4.29. The molecule has 3 aromatic heterocycles. The van der Waals surface area contributed by atoms with E-state index in [2.05, 4.69) is 20.1 Å². The van der Waals surface area contributed by atoms with Crippen molar-refractivity contribution in [2.45, 2.75) is 19.9 Å². The molecule has 0 aliphatic rings. The number of rotatable bonds is 4. The lowest BCUT2D eigenvalue weighted by atomic mass is 10.2. The minimum absolute atomic E-state index is 0.265. The van der Waals surface area contributed by atoms with Gasteiger partial charge >= 0.3 is 0 Å². The molecule has 3 heterocycles. The monoisotopic (exact) mass is 367 g/mol. The minimum atomic E-state index is -0.277. The van der Waals surface area contributed by atoms with Crippen molar-refractivity contribution in [1.82, 2.24) is 24.7 Å². The Morgan fingerprint density at radius 1 is 1.12 bits per heavy atom. The molecule has 130 valence electrons. The molecule has 0 amide bonds. The van der Waals surface area contributed by atoms with Gasteiger partial charge in [-0.05, 0) is 30.7 Å². The number of hydrogen-bond acceptors (Lipinski definition) is 4. The summed E-state index contributed by atoms with van der Waals surface area (Å²) in [5.74, 6) is 0.167. The highest BCUT2D eigenvalue weighted by molar-refractivity contribution is 6.29. The van der Waals surface area contributed by atoms with Crippen molar-refractivity contribution in [2.75, 3.05) is 0 Å².